The summed E-state index contributed by atoms with van der Waals surface area (Å²) in [6.45, 7) is 11.5. The van der Waals surface area contributed by atoms with Crippen molar-refractivity contribution >= 4 is 22.1 Å². The van der Waals surface area contributed by atoms with E-state index < -0.39 is 27.9 Å². The van der Waals surface area contributed by atoms with E-state index in [1.165, 1.54) is 0 Å². The fourth-order valence-corrected chi connectivity index (χ4v) is 4.79. The van der Waals surface area contributed by atoms with Crippen molar-refractivity contribution in [2.75, 3.05) is 11.5 Å². The van der Waals surface area contributed by atoms with Gasteiger partial charge in [0.1, 0.15) is 11.6 Å². The third-order valence-electron chi connectivity index (χ3n) is 3.32. The van der Waals surface area contributed by atoms with Gasteiger partial charge in [0.25, 0.3) is 5.91 Å². The molecule has 1 atom stereocenters. The van der Waals surface area contributed by atoms with Gasteiger partial charge < -0.3 is 10.1 Å². The van der Waals surface area contributed by atoms with Crippen LogP contribution in [-0.4, -0.2) is 39.4 Å². The lowest BCUT2D eigenvalue weighted by molar-refractivity contribution is -0.121. The number of nitrogens with one attached hydrogen (secondary N) is 2. The normalized spacial score (nSPS) is 23.4. The maximum absolute atomic E-state index is 12.7. The van der Waals surface area contributed by atoms with Gasteiger partial charge in [-0.25, -0.2) is 4.79 Å². The summed E-state index contributed by atoms with van der Waals surface area (Å²) in [6, 6.07) is -0.674. The molecule has 0 radical (unpaired) electrons. The molecule has 6 nitrogen and oxygen atoms in total. The minimum atomic E-state index is -2.68. The van der Waals surface area contributed by atoms with Crippen LogP contribution >= 0.6 is 0 Å². The van der Waals surface area contributed by atoms with Gasteiger partial charge in [-0.2, -0.15) is 0 Å². The second-order valence-corrected chi connectivity index (χ2v) is 11.0. The van der Waals surface area contributed by atoms with Gasteiger partial charge in [-0.15, -0.1) is 0 Å². The topological polar surface area (TPSA) is 84.5 Å². The number of rotatable bonds is 3. The van der Waals surface area contributed by atoms with E-state index in [-0.39, 0.29) is 11.3 Å². The Kier molecular flexibility index (Phi) is 5.65. The molecule has 0 aromatic heterocycles. The van der Waals surface area contributed by atoms with Gasteiger partial charge in [-0.1, -0.05) is 20.8 Å². The maximum atomic E-state index is 12.7. The first-order valence-corrected chi connectivity index (χ1v) is 9.77. The summed E-state index contributed by atoms with van der Waals surface area (Å²) in [4.78, 5) is 23.8. The quantitative estimate of drug-likeness (QED) is 0.687. The van der Waals surface area contributed by atoms with Gasteiger partial charge >= 0.3 is 6.09 Å². The van der Waals surface area contributed by atoms with Crippen molar-refractivity contribution in [3.05, 3.63) is 0 Å². The van der Waals surface area contributed by atoms with E-state index in [9.17, 15) is 13.8 Å². The molecule has 1 aliphatic heterocycles. The highest BCUT2D eigenvalue weighted by Crippen LogP contribution is 2.23. The molecule has 22 heavy (non-hydrogen) atoms. The molecule has 1 saturated heterocycles. The molecule has 1 heterocycles. The molecule has 7 heteroatoms. The second kappa shape index (κ2) is 6.56. The van der Waals surface area contributed by atoms with Crippen LogP contribution in [0, 0.1) is 5.41 Å². The Balaban J connectivity index is 2.54. The molecular weight excluding hydrogens is 304 g/mol. The van der Waals surface area contributed by atoms with Crippen molar-refractivity contribution in [1.82, 2.24) is 10.0 Å². The maximum Gasteiger partial charge on any atom is 0.408 e. The molecule has 0 bridgehead atoms. The molecular formula is C15H30N2O4S. The van der Waals surface area contributed by atoms with E-state index in [2.05, 4.69) is 30.8 Å². The molecule has 2 amide bonds. The summed E-state index contributed by atoms with van der Waals surface area (Å²) in [5.41, 5.74) is -0.537. The number of carbonyl (C=O) groups is 2. The van der Waals surface area contributed by atoms with Crippen molar-refractivity contribution in [1.29, 1.82) is 0 Å². The van der Waals surface area contributed by atoms with E-state index in [1.54, 1.807) is 20.8 Å². The van der Waals surface area contributed by atoms with Crippen LogP contribution in [-0.2, 0) is 19.7 Å². The molecule has 1 fully saturated rings. The molecule has 0 aromatic carbocycles. The molecule has 130 valence electrons. The molecule has 0 unspecified atom stereocenters. The van der Waals surface area contributed by atoms with Crippen molar-refractivity contribution in [2.24, 2.45) is 5.41 Å². The summed E-state index contributed by atoms with van der Waals surface area (Å²) in [7, 11) is -2.68. The Morgan fingerprint density at radius 3 is 2.36 bits per heavy atom. The predicted molar refractivity (Wildman–Crippen MR) is 89.3 cm³/mol. The van der Waals surface area contributed by atoms with Crippen LogP contribution < -0.4 is 10.0 Å². The van der Waals surface area contributed by atoms with Gasteiger partial charge in [-0.3, -0.25) is 13.7 Å². The highest BCUT2D eigenvalue weighted by atomic mass is 32.3. The van der Waals surface area contributed by atoms with E-state index >= 15 is 0 Å². The highest BCUT2D eigenvalue weighted by Gasteiger charge is 2.33. The summed E-state index contributed by atoms with van der Waals surface area (Å²) >= 11 is 0. The summed E-state index contributed by atoms with van der Waals surface area (Å²) < 4.78 is 20.4. The van der Waals surface area contributed by atoms with Gasteiger partial charge in [0.2, 0.25) is 0 Å². The molecule has 0 saturated carbocycles. The van der Waals surface area contributed by atoms with Crippen LogP contribution in [0.4, 0.5) is 4.79 Å². The number of ether oxygens (including phenoxy) is 1. The SMILES string of the molecule is CC(C)(C)CC[SH]1(=O)CC[C@@H](NC(=O)OC(C)(C)C)C(=O)N1. The van der Waals surface area contributed by atoms with Crippen molar-refractivity contribution < 1.29 is 18.5 Å². The minimum absolute atomic E-state index is 0.0771. The van der Waals surface area contributed by atoms with Crippen molar-refractivity contribution in [3.8, 4) is 0 Å². The van der Waals surface area contributed by atoms with Gasteiger partial charge in [0.05, 0.1) is 0 Å². The lowest BCUT2D eigenvalue weighted by Gasteiger charge is -2.35. The van der Waals surface area contributed by atoms with Crippen LogP contribution in [0.1, 0.15) is 54.4 Å². The number of carbonyl (C=O) groups excluding carboxylic acids is 2. The average Bonchev–Trinajstić information content (AvgIpc) is 2.28. The Morgan fingerprint density at radius 1 is 1.32 bits per heavy atom. The predicted octanol–water partition coefficient (Wildman–Crippen LogP) is 1.77. The monoisotopic (exact) mass is 334 g/mol. The fraction of sp³-hybridized carbons (Fsp3) is 0.867. The van der Waals surface area contributed by atoms with Crippen LogP contribution in [0.15, 0.2) is 0 Å². The van der Waals surface area contributed by atoms with E-state index in [0.29, 0.717) is 17.9 Å². The van der Waals surface area contributed by atoms with Crippen molar-refractivity contribution in [3.63, 3.8) is 0 Å². The van der Waals surface area contributed by atoms with Gasteiger partial charge in [0, 0.05) is 11.5 Å². The smallest absolute Gasteiger partial charge is 0.408 e. The average molecular weight is 334 g/mol. The summed E-state index contributed by atoms with van der Waals surface area (Å²) in [6.07, 6.45) is 0.542. The Morgan fingerprint density at radius 2 is 1.91 bits per heavy atom. The first kappa shape index (κ1) is 18.9. The molecule has 2 N–H and O–H groups in total. The Hall–Kier alpha value is -1.11. The summed E-state index contributed by atoms with van der Waals surface area (Å²) in [5.74, 6) is 0.533. The first-order valence-electron chi connectivity index (χ1n) is 7.69. The minimum Gasteiger partial charge on any atom is -0.444 e. The van der Waals surface area contributed by atoms with Crippen LogP contribution in [0.5, 0.6) is 0 Å². The Labute approximate surface area is 134 Å². The van der Waals surface area contributed by atoms with Crippen LogP contribution in [0.3, 0.4) is 0 Å². The summed E-state index contributed by atoms with van der Waals surface area (Å²) in [5, 5.41) is 2.54. The fourth-order valence-electron chi connectivity index (χ4n) is 2.07. The largest absolute Gasteiger partial charge is 0.444 e. The first-order chi connectivity index (χ1) is 9.80. The van der Waals surface area contributed by atoms with Gasteiger partial charge in [-0.05, 0) is 49.1 Å². The number of alkyl carbamates (subject to hydrolysis) is 1. The molecule has 1 aliphatic rings. The molecule has 0 aromatic rings. The molecule has 0 aliphatic carbocycles. The molecule has 0 spiro atoms. The van der Waals surface area contributed by atoms with E-state index in [4.69, 9.17) is 4.74 Å². The standard InChI is InChI=1S/C15H30N2O4S/c1-14(2,3)8-10-22(20)9-7-11(12(18)17-22)16-13(19)21-15(4,5)6/h11,22H,7-10H2,1-6H3,(H,16,19)(H,17,18,20)/t11-/m1/s1. The lowest BCUT2D eigenvalue weighted by atomic mass is 9.94. The third-order valence-corrected chi connectivity index (χ3v) is 5.88. The zero-order chi connectivity index (χ0) is 17.2. The number of hydrogen-bond acceptors (Lipinski definition) is 4. The van der Waals surface area contributed by atoms with E-state index in [0.717, 1.165) is 6.42 Å². The van der Waals surface area contributed by atoms with Crippen LogP contribution in [0.25, 0.3) is 0 Å². The van der Waals surface area contributed by atoms with Crippen LogP contribution in [0.2, 0.25) is 0 Å². The number of hydrogen-bond donors (Lipinski definition) is 3. The zero-order valence-electron chi connectivity index (χ0n) is 14.5. The second-order valence-electron chi connectivity index (χ2n) is 8.11. The number of amides is 2. The highest BCUT2D eigenvalue weighted by molar-refractivity contribution is 8.01. The van der Waals surface area contributed by atoms with Crippen molar-refractivity contribution in [2.45, 2.75) is 66.0 Å². The number of thiol groups is 1. The Bertz CT molecular complexity index is 477. The third kappa shape index (κ3) is 6.77. The lowest BCUT2D eigenvalue weighted by Crippen LogP contribution is -2.57. The zero-order valence-corrected chi connectivity index (χ0v) is 15.4. The van der Waals surface area contributed by atoms with E-state index in [1.807, 2.05) is 0 Å². The van der Waals surface area contributed by atoms with Gasteiger partial charge in [0.15, 0.2) is 0 Å². The molecule has 1 rings (SSSR count).